The molecule has 0 aromatic heterocycles. The fraction of sp³-hybridized carbons (Fsp3) is 0.467. The molecule has 1 rings (SSSR count). The summed E-state index contributed by atoms with van der Waals surface area (Å²) in [4.78, 5) is 13.3. The number of urea groups is 1. The summed E-state index contributed by atoms with van der Waals surface area (Å²) in [6, 6.07) is 6.23. The van der Waals surface area contributed by atoms with Gasteiger partial charge in [0.15, 0.2) is 6.04 Å². The number of hydrogen-bond acceptors (Lipinski definition) is 2. The van der Waals surface area contributed by atoms with Crippen LogP contribution >= 0.6 is 0 Å². The van der Waals surface area contributed by atoms with Gasteiger partial charge < -0.3 is 10.2 Å². The van der Waals surface area contributed by atoms with Gasteiger partial charge in [0.25, 0.3) is 0 Å². The monoisotopic (exact) mass is 313 g/mol. The second kappa shape index (κ2) is 7.69. The predicted octanol–water partition coefficient (Wildman–Crippen LogP) is 3.48. The van der Waals surface area contributed by atoms with Crippen molar-refractivity contribution in [3.05, 3.63) is 35.9 Å². The van der Waals surface area contributed by atoms with Crippen molar-refractivity contribution in [3.63, 3.8) is 0 Å². The normalized spacial score (nSPS) is 13.8. The lowest BCUT2D eigenvalue weighted by atomic mass is 10.1. The van der Waals surface area contributed by atoms with E-state index in [1.807, 2.05) is 11.4 Å². The number of halogens is 3. The van der Waals surface area contributed by atoms with E-state index in [2.05, 4.69) is 0 Å². The Morgan fingerprint density at radius 1 is 1.36 bits per heavy atom. The molecule has 1 aromatic rings. The van der Waals surface area contributed by atoms with Gasteiger partial charge >= 0.3 is 12.2 Å². The van der Waals surface area contributed by atoms with E-state index in [1.165, 1.54) is 29.2 Å². The summed E-state index contributed by atoms with van der Waals surface area (Å²) in [6.45, 7) is 3.55. The Balaban J connectivity index is 2.90. The third-order valence-electron chi connectivity index (χ3n) is 3.11. The molecule has 4 nitrogen and oxygen atoms in total. The Morgan fingerprint density at radius 2 is 1.95 bits per heavy atom. The largest absolute Gasteiger partial charge is 0.412 e. The maximum absolute atomic E-state index is 13.2. The van der Waals surface area contributed by atoms with Gasteiger partial charge in [-0.2, -0.15) is 18.4 Å². The van der Waals surface area contributed by atoms with E-state index in [-0.39, 0.29) is 18.7 Å². The average molecular weight is 313 g/mol. The van der Waals surface area contributed by atoms with Crippen LogP contribution in [-0.4, -0.2) is 30.2 Å². The summed E-state index contributed by atoms with van der Waals surface area (Å²) >= 11 is 0. The molecular weight excluding hydrogens is 295 g/mol. The molecule has 120 valence electrons. The number of amides is 2. The molecule has 0 saturated carbocycles. The van der Waals surface area contributed by atoms with E-state index >= 15 is 0 Å². The fourth-order valence-electron chi connectivity index (χ4n) is 1.94. The highest BCUT2D eigenvalue weighted by Gasteiger charge is 2.42. The smallest absolute Gasteiger partial charge is 0.324 e. The molecule has 0 bridgehead atoms. The van der Waals surface area contributed by atoms with E-state index in [0.29, 0.717) is 0 Å². The van der Waals surface area contributed by atoms with Crippen LogP contribution in [-0.2, 0) is 0 Å². The van der Waals surface area contributed by atoms with Crippen molar-refractivity contribution in [3.8, 4) is 6.07 Å². The first kappa shape index (κ1) is 17.8. The van der Waals surface area contributed by atoms with Crippen molar-refractivity contribution >= 4 is 6.03 Å². The van der Waals surface area contributed by atoms with E-state index in [4.69, 9.17) is 5.26 Å². The summed E-state index contributed by atoms with van der Waals surface area (Å²) in [6.07, 6.45) is -4.60. The molecule has 0 unspecified atom stereocenters. The van der Waals surface area contributed by atoms with Gasteiger partial charge in [-0.15, -0.1) is 0 Å². The molecule has 0 fully saturated rings. The number of rotatable bonds is 5. The molecule has 0 heterocycles. The lowest BCUT2D eigenvalue weighted by molar-refractivity contribution is -0.155. The van der Waals surface area contributed by atoms with Crippen LogP contribution in [0, 0.1) is 17.2 Å². The summed E-state index contributed by atoms with van der Waals surface area (Å²) in [5.41, 5.74) is -0.0345. The number of carbonyl (C=O) groups is 1. The van der Waals surface area contributed by atoms with Crippen molar-refractivity contribution in [2.24, 2.45) is 5.92 Å². The van der Waals surface area contributed by atoms with Gasteiger partial charge in [0.2, 0.25) is 0 Å². The summed E-state index contributed by atoms with van der Waals surface area (Å²) in [7, 11) is 0. The van der Waals surface area contributed by atoms with Crippen LogP contribution in [0.4, 0.5) is 18.0 Å². The molecule has 2 atom stereocenters. The zero-order valence-corrected chi connectivity index (χ0v) is 12.4. The minimum Gasteiger partial charge on any atom is -0.324 e. The Labute approximate surface area is 127 Å². The number of nitrogens with zero attached hydrogens (tertiary/aromatic N) is 2. The third kappa shape index (κ3) is 4.95. The Morgan fingerprint density at radius 3 is 2.41 bits per heavy atom. The van der Waals surface area contributed by atoms with Gasteiger partial charge in [0.05, 0.1) is 12.0 Å². The number of hydrogen-bond donors (Lipinski definition) is 1. The maximum atomic E-state index is 13.2. The van der Waals surface area contributed by atoms with Crippen LogP contribution in [0.5, 0.6) is 0 Å². The molecule has 1 aromatic carbocycles. The Bertz CT molecular complexity index is 525. The SMILES string of the molecule is CCN(C[C@@H](C)C#N)C(=O)N[C@@H](c1ccccc1)C(F)(F)F. The number of alkyl halides is 3. The van der Waals surface area contributed by atoms with E-state index in [9.17, 15) is 18.0 Å². The number of nitriles is 1. The third-order valence-corrected chi connectivity index (χ3v) is 3.11. The van der Waals surface area contributed by atoms with Crippen molar-refractivity contribution in [2.75, 3.05) is 13.1 Å². The predicted molar refractivity (Wildman–Crippen MR) is 75.8 cm³/mol. The summed E-state index contributed by atoms with van der Waals surface area (Å²) < 4.78 is 39.5. The van der Waals surface area contributed by atoms with E-state index in [0.717, 1.165) is 0 Å². The first-order valence-corrected chi connectivity index (χ1v) is 6.86. The molecule has 0 aliphatic heterocycles. The quantitative estimate of drug-likeness (QED) is 0.905. The van der Waals surface area contributed by atoms with Crippen LogP contribution < -0.4 is 5.32 Å². The molecule has 0 radical (unpaired) electrons. The topological polar surface area (TPSA) is 56.1 Å². The second-order valence-electron chi connectivity index (χ2n) is 4.90. The first-order chi connectivity index (χ1) is 10.3. The Kier molecular flexibility index (Phi) is 6.23. The minimum absolute atomic E-state index is 0.0345. The molecular formula is C15H18F3N3O. The molecule has 0 aliphatic rings. The van der Waals surface area contributed by atoms with Crippen molar-refractivity contribution in [1.82, 2.24) is 10.2 Å². The van der Waals surface area contributed by atoms with Crippen molar-refractivity contribution < 1.29 is 18.0 Å². The second-order valence-corrected chi connectivity index (χ2v) is 4.90. The number of benzene rings is 1. The lowest BCUT2D eigenvalue weighted by Gasteiger charge is -2.27. The van der Waals surface area contributed by atoms with Gasteiger partial charge in [0, 0.05) is 13.1 Å². The van der Waals surface area contributed by atoms with E-state index < -0.39 is 24.2 Å². The first-order valence-electron chi connectivity index (χ1n) is 6.86. The number of nitrogens with one attached hydrogen (secondary N) is 1. The average Bonchev–Trinajstić information content (AvgIpc) is 2.49. The zero-order chi connectivity index (χ0) is 16.8. The van der Waals surface area contributed by atoms with Gasteiger partial charge in [-0.25, -0.2) is 4.79 Å². The van der Waals surface area contributed by atoms with Crippen LogP contribution in [0.3, 0.4) is 0 Å². The molecule has 7 heteroatoms. The van der Waals surface area contributed by atoms with Gasteiger partial charge in [0.1, 0.15) is 0 Å². The molecule has 2 amide bonds. The van der Waals surface area contributed by atoms with Crippen LogP contribution in [0.25, 0.3) is 0 Å². The van der Waals surface area contributed by atoms with Crippen LogP contribution in [0.1, 0.15) is 25.5 Å². The number of carbonyl (C=O) groups excluding carboxylic acids is 1. The molecule has 0 aliphatic carbocycles. The van der Waals surface area contributed by atoms with Crippen LogP contribution in [0.2, 0.25) is 0 Å². The standard InChI is InChI=1S/C15H18F3N3O/c1-3-21(10-11(2)9-19)14(22)20-13(15(16,17)18)12-7-5-4-6-8-12/h4-8,11,13H,3,10H2,1-2H3,(H,20,22)/t11-,13-/m0/s1. The van der Waals surface area contributed by atoms with Gasteiger partial charge in [-0.3, -0.25) is 0 Å². The van der Waals surface area contributed by atoms with Crippen molar-refractivity contribution in [2.45, 2.75) is 26.1 Å². The molecule has 0 saturated heterocycles. The van der Waals surface area contributed by atoms with Gasteiger partial charge in [-0.1, -0.05) is 30.3 Å². The highest BCUT2D eigenvalue weighted by Crippen LogP contribution is 2.32. The van der Waals surface area contributed by atoms with Crippen LogP contribution in [0.15, 0.2) is 30.3 Å². The molecule has 0 spiro atoms. The molecule has 22 heavy (non-hydrogen) atoms. The summed E-state index contributed by atoms with van der Waals surface area (Å²) in [5.74, 6) is -0.452. The summed E-state index contributed by atoms with van der Waals surface area (Å²) in [5, 5.41) is 10.8. The van der Waals surface area contributed by atoms with Gasteiger partial charge in [-0.05, 0) is 19.4 Å². The van der Waals surface area contributed by atoms with E-state index in [1.54, 1.807) is 19.9 Å². The maximum Gasteiger partial charge on any atom is 0.412 e. The molecule has 1 N–H and O–H groups in total. The highest BCUT2D eigenvalue weighted by molar-refractivity contribution is 5.74. The highest BCUT2D eigenvalue weighted by atomic mass is 19.4. The zero-order valence-electron chi connectivity index (χ0n) is 12.4. The lowest BCUT2D eigenvalue weighted by Crippen LogP contribution is -2.46. The fourth-order valence-corrected chi connectivity index (χ4v) is 1.94. The minimum atomic E-state index is -4.60. The van der Waals surface area contributed by atoms with Crippen molar-refractivity contribution in [1.29, 1.82) is 5.26 Å². The Hall–Kier alpha value is -2.23.